The largest absolute Gasteiger partial charge is 0.416 e. The summed E-state index contributed by atoms with van der Waals surface area (Å²) in [6, 6.07) is 12.1. The van der Waals surface area contributed by atoms with Crippen LogP contribution in [0.3, 0.4) is 0 Å². The predicted molar refractivity (Wildman–Crippen MR) is 171 cm³/mol. The molecule has 0 saturated heterocycles. The van der Waals surface area contributed by atoms with Gasteiger partial charge in [-0.25, -0.2) is 9.97 Å². The number of amides is 1. The van der Waals surface area contributed by atoms with Gasteiger partial charge < -0.3 is 19.9 Å². The van der Waals surface area contributed by atoms with E-state index >= 15 is 0 Å². The molecule has 0 spiro atoms. The van der Waals surface area contributed by atoms with Crippen LogP contribution in [0.4, 0.5) is 30.2 Å². The van der Waals surface area contributed by atoms with Gasteiger partial charge in [0.05, 0.1) is 54.5 Å². The van der Waals surface area contributed by atoms with Gasteiger partial charge in [0.2, 0.25) is 0 Å². The summed E-state index contributed by atoms with van der Waals surface area (Å²) in [7, 11) is 1.64. The second-order valence-electron chi connectivity index (χ2n) is 10.8. The summed E-state index contributed by atoms with van der Waals surface area (Å²) >= 11 is 0. The molecule has 238 valence electrons. The first-order chi connectivity index (χ1) is 22.6. The lowest BCUT2D eigenvalue weighted by molar-refractivity contribution is -0.137. The number of rotatable bonds is 8. The molecule has 0 aliphatic rings. The lowest BCUT2D eigenvalue weighted by atomic mass is 10.0. The van der Waals surface area contributed by atoms with Crippen molar-refractivity contribution in [3.05, 3.63) is 119 Å². The molecule has 47 heavy (non-hydrogen) atoms. The number of aromatic nitrogens is 6. The van der Waals surface area contributed by atoms with E-state index < -0.39 is 17.6 Å². The fourth-order valence-corrected chi connectivity index (χ4v) is 4.88. The lowest BCUT2D eigenvalue weighted by Gasteiger charge is -2.14. The molecule has 1 amide bonds. The standard InChI is InChI=1S/C34H29F3N8O2/c1-22-6-7-25(33(46)42-27-14-26(34(35,36)37)15-30(16-27)43-19-23(2)39-21-43)13-24(22)8-9-29-18-38-32-31(5-4-10-45(29)32)41-28-17-40-44(20-28)11-12-47-3/h4-7,10,13-21,41H,11-12H2,1-3H3,(H,42,46). The molecule has 10 nitrogen and oxygen atoms in total. The van der Waals surface area contributed by atoms with E-state index in [4.69, 9.17) is 4.74 Å². The molecular formula is C34H29F3N8O2. The second-order valence-corrected chi connectivity index (χ2v) is 10.8. The number of fused-ring (bicyclic) bond motifs is 1. The molecule has 6 rings (SSSR count). The Balaban J connectivity index is 1.23. The molecule has 0 saturated carbocycles. The first-order valence-electron chi connectivity index (χ1n) is 14.5. The quantitative estimate of drug-likeness (QED) is 0.187. The van der Waals surface area contributed by atoms with Gasteiger partial charge in [-0.2, -0.15) is 18.3 Å². The smallest absolute Gasteiger partial charge is 0.383 e. The number of ether oxygens (including phenoxy) is 1. The molecule has 6 aromatic rings. The van der Waals surface area contributed by atoms with E-state index in [0.29, 0.717) is 35.8 Å². The molecule has 0 bridgehead atoms. The van der Waals surface area contributed by atoms with E-state index in [9.17, 15) is 18.0 Å². The van der Waals surface area contributed by atoms with E-state index in [1.54, 1.807) is 55.5 Å². The van der Waals surface area contributed by atoms with Crippen LogP contribution in [0.5, 0.6) is 0 Å². The highest BCUT2D eigenvalue weighted by molar-refractivity contribution is 6.04. The van der Waals surface area contributed by atoms with E-state index in [2.05, 4.69) is 37.5 Å². The van der Waals surface area contributed by atoms with Crippen LogP contribution in [0.25, 0.3) is 11.3 Å². The SMILES string of the molecule is COCCn1cc(Nc2cccn3c(C#Cc4cc(C(=O)Nc5cc(-n6cnc(C)c6)cc(C(F)(F)F)c5)ccc4C)cnc23)cn1. The van der Waals surface area contributed by atoms with Gasteiger partial charge in [0.1, 0.15) is 5.69 Å². The molecule has 0 fully saturated rings. The molecule has 2 aromatic carbocycles. The van der Waals surface area contributed by atoms with Gasteiger partial charge in [-0.1, -0.05) is 12.0 Å². The molecule has 4 aromatic heterocycles. The Kier molecular flexibility index (Phi) is 8.52. The molecule has 2 N–H and O–H groups in total. The summed E-state index contributed by atoms with van der Waals surface area (Å²) in [5.41, 5.74) is 4.48. The normalized spacial score (nSPS) is 11.4. The van der Waals surface area contributed by atoms with Crippen molar-refractivity contribution in [2.75, 3.05) is 24.4 Å². The predicted octanol–water partition coefficient (Wildman–Crippen LogP) is 6.39. The lowest BCUT2D eigenvalue weighted by Crippen LogP contribution is -2.14. The Hall–Kier alpha value is -5.87. The van der Waals surface area contributed by atoms with Crippen LogP contribution in [0.15, 0.2) is 85.8 Å². The maximum Gasteiger partial charge on any atom is 0.416 e. The van der Waals surface area contributed by atoms with E-state index in [1.807, 2.05) is 35.9 Å². The van der Waals surface area contributed by atoms with Crippen molar-refractivity contribution in [3.8, 4) is 17.5 Å². The van der Waals surface area contributed by atoms with Gasteiger partial charge >= 0.3 is 6.18 Å². The third-order valence-corrected chi connectivity index (χ3v) is 7.31. The van der Waals surface area contributed by atoms with E-state index in [-0.39, 0.29) is 16.9 Å². The van der Waals surface area contributed by atoms with Gasteiger partial charge in [0.25, 0.3) is 5.91 Å². The van der Waals surface area contributed by atoms with Crippen molar-refractivity contribution in [2.24, 2.45) is 0 Å². The maximum absolute atomic E-state index is 13.7. The Morgan fingerprint density at radius 1 is 1.00 bits per heavy atom. The number of anilines is 3. The van der Waals surface area contributed by atoms with Crippen molar-refractivity contribution in [1.82, 2.24) is 28.7 Å². The van der Waals surface area contributed by atoms with Crippen molar-refractivity contribution < 1.29 is 22.7 Å². The number of carbonyl (C=O) groups is 1. The summed E-state index contributed by atoms with van der Waals surface area (Å²) in [6.07, 6.45) is 5.53. The Labute approximate surface area is 267 Å². The van der Waals surface area contributed by atoms with Gasteiger partial charge in [0.15, 0.2) is 5.65 Å². The minimum Gasteiger partial charge on any atom is -0.383 e. The fraction of sp³-hybridized carbons (Fsp3) is 0.176. The van der Waals surface area contributed by atoms with Crippen LogP contribution in [0.2, 0.25) is 0 Å². The highest BCUT2D eigenvalue weighted by atomic mass is 19.4. The van der Waals surface area contributed by atoms with Gasteiger partial charge in [-0.05, 0) is 67.8 Å². The number of methoxy groups -OCH3 is 1. The van der Waals surface area contributed by atoms with Crippen LogP contribution in [0, 0.1) is 25.7 Å². The molecule has 4 heterocycles. The number of benzene rings is 2. The first-order valence-corrected chi connectivity index (χ1v) is 14.5. The van der Waals surface area contributed by atoms with Crippen LogP contribution in [-0.4, -0.2) is 48.3 Å². The number of hydrogen-bond acceptors (Lipinski definition) is 6. The van der Waals surface area contributed by atoms with E-state index in [1.165, 1.54) is 17.0 Å². The second kappa shape index (κ2) is 12.9. The highest BCUT2D eigenvalue weighted by Gasteiger charge is 2.31. The minimum absolute atomic E-state index is 0.00291. The molecule has 0 atom stereocenters. The van der Waals surface area contributed by atoms with Crippen molar-refractivity contribution in [2.45, 2.75) is 26.6 Å². The number of halogens is 3. The van der Waals surface area contributed by atoms with Gasteiger partial charge in [-0.3, -0.25) is 13.9 Å². The van der Waals surface area contributed by atoms with Gasteiger partial charge in [0, 0.05) is 48.2 Å². The average molecular weight is 639 g/mol. The Morgan fingerprint density at radius 3 is 2.62 bits per heavy atom. The zero-order valence-corrected chi connectivity index (χ0v) is 25.6. The number of imidazole rings is 2. The zero-order valence-electron chi connectivity index (χ0n) is 25.6. The zero-order chi connectivity index (χ0) is 33.1. The monoisotopic (exact) mass is 638 g/mol. The van der Waals surface area contributed by atoms with E-state index in [0.717, 1.165) is 29.1 Å². The average Bonchev–Trinajstić information content (AvgIpc) is 3.79. The van der Waals surface area contributed by atoms with Crippen LogP contribution in [-0.2, 0) is 17.5 Å². The number of nitrogens with one attached hydrogen (secondary N) is 2. The Bertz CT molecular complexity index is 2150. The highest BCUT2D eigenvalue weighted by Crippen LogP contribution is 2.33. The molecule has 0 radical (unpaired) electrons. The number of nitrogens with zero attached hydrogens (tertiary/aromatic N) is 6. The number of alkyl halides is 3. The number of pyridine rings is 1. The van der Waals surface area contributed by atoms with Crippen LogP contribution in [0.1, 0.15) is 38.4 Å². The summed E-state index contributed by atoms with van der Waals surface area (Å²) in [4.78, 5) is 21.9. The number of carbonyl (C=O) groups excluding carboxylic acids is 1. The third kappa shape index (κ3) is 7.03. The van der Waals surface area contributed by atoms with Crippen molar-refractivity contribution >= 4 is 28.6 Å². The third-order valence-electron chi connectivity index (χ3n) is 7.31. The van der Waals surface area contributed by atoms with Crippen molar-refractivity contribution in [1.29, 1.82) is 0 Å². The van der Waals surface area contributed by atoms with Crippen LogP contribution >= 0.6 is 0 Å². The topological polar surface area (TPSA) is 103 Å². The Morgan fingerprint density at radius 2 is 1.85 bits per heavy atom. The summed E-state index contributed by atoms with van der Waals surface area (Å²) in [6.45, 7) is 4.78. The molecule has 0 aliphatic heterocycles. The molecular weight excluding hydrogens is 609 g/mol. The number of hydrogen-bond donors (Lipinski definition) is 2. The van der Waals surface area contributed by atoms with Gasteiger partial charge in [-0.15, -0.1) is 0 Å². The maximum atomic E-state index is 13.7. The number of aryl methyl sites for hydroxylation is 2. The molecule has 13 heteroatoms. The van der Waals surface area contributed by atoms with Crippen LogP contribution < -0.4 is 10.6 Å². The molecule has 0 aliphatic carbocycles. The minimum atomic E-state index is -4.61. The first kappa shape index (κ1) is 31.1. The van der Waals surface area contributed by atoms with Crippen molar-refractivity contribution in [3.63, 3.8) is 0 Å². The fourth-order valence-electron chi connectivity index (χ4n) is 4.88. The summed E-state index contributed by atoms with van der Waals surface area (Å²) in [5.74, 6) is 5.69. The molecule has 0 unspecified atom stereocenters. The summed E-state index contributed by atoms with van der Waals surface area (Å²) < 4.78 is 51.4. The summed E-state index contributed by atoms with van der Waals surface area (Å²) in [5, 5.41) is 10.3.